The van der Waals surface area contributed by atoms with E-state index in [2.05, 4.69) is 12.6 Å². The highest BCUT2D eigenvalue weighted by atomic mass is 32.1. The molecule has 0 spiro atoms. The molecule has 1 heterocycles. The molecule has 0 radical (unpaired) electrons. The largest absolute Gasteiger partial charge is 0.381 e. The van der Waals surface area contributed by atoms with Crippen LogP contribution in [0, 0.1) is 6.92 Å². The van der Waals surface area contributed by atoms with E-state index < -0.39 is 0 Å². The Labute approximate surface area is 114 Å². The van der Waals surface area contributed by atoms with Crippen LogP contribution < -0.4 is 0 Å². The molecule has 2 rings (SSSR count). The third-order valence-corrected chi connectivity index (χ3v) is 3.79. The van der Waals surface area contributed by atoms with Gasteiger partial charge in [-0.05, 0) is 37.5 Å². The van der Waals surface area contributed by atoms with E-state index in [0.717, 1.165) is 42.0 Å². The molecule has 18 heavy (non-hydrogen) atoms. The minimum atomic E-state index is 0.109. The first-order valence-electron chi connectivity index (χ1n) is 6.23. The molecule has 1 amide bonds. The van der Waals surface area contributed by atoms with Gasteiger partial charge in [-0.25, -0.2) is 0 Å². The predicted molar refractivity (Wildman–Crippen MR) is 74.4 cm³/mol. The van der Waals surface area contributed by atoms with Crippen LogP contribution in [0.1, 0.15) is 28.8 Å². The number of aryl methyl sites for hydroxylation is 1. The van der Waals surface area contributed by atoms with E-state index in [1.54, 1.807) is 7.11 Å². The van der Waals surface area contributed by atoms with Crippen LogP contribution in [0.25, 0.3) is 0 Å². The molecule has 1 saturated heterocycles. The average Bonchev–Trinajstić information content (AvgIpc) is 2.41. The van der Waals surface area contributed by atoms with E-state index >= 15 is 0 Å². The average molecular weight is 265 g/mol. The van der Waals surface area contributed by atoms with Gasteiger partial charge in [-0.3, -0.25) is 4.79 Å². The van der Waals surface area contributed by atoms with Gasteiger partial charge < -0.3 is 9.64 Å². The van der Waals surface area contributed by atoms with Gasteiger partial charge in [0.2, 0.25) is 0 Å². The summed E-state index contributed by atoms with van der Waals surface area (Å²) in [6.07, 6.45) is 2.13. The van der Waals surface area contributed by atoms with E-state index in [4.69, 9.17) is 4.74 Å². The van der Waals surface area contributed by atoms with Gasteiger partial charge in [0.25, 0.3) is 5.91 Å². The maximum Gasteiger partial charge on any atom is 0.254 e. The molecule has 0 bridgehead atoms. The van der Waals surface area contributed by atoms with Crippen LogP contribution in [0.2, 0.25) is 0 Å². The molecular formula is C14H19NO2S. The first-order chi connectivity index (χ1) is 8.61. The van der Waals surface area contributed by atoms with Crippen molar-refractivity contribution in [3.8, 4) is 0 Å². The van der Waals surface area contributed by atoms with Gasteiger partial charge >= 0.3 is 0 Å². The number of methoxy groups -OCH3 is 1. The van der Waals surface area contributed by atoms with E-state index in [9.17, 15) is 4.79 Å². The van der Waals surface area contributed by atoms with Crippen molar-refractivity contribution in [3.05, 3.63) is 29.3 Å². The SMILES string of the molecule is COC1CCN(C(=O)c2cc(S)ccc2C)CC1. The Morgan fingerprint density at radius 2 is 2.06 bits per heavy atom. The lowest BCUT2D eigenvalue weighted by Gasteiger charge is -2.31. The zero-order chi connectivity index (χ0) is 13.1. The lowest BCUT2D eigenvalue weighted by molar-refractivity contribution is 0.0350. The Bertz CT molecular complexity index is 439. The number of carbonyl (C=O) groups excluding carboxylic acids is 1. The molecule has 1 aromatic rings. The first kappa shape index (κ1) is 13.4. The summed E-state index contributed by atoms with van der Waals surface area (Å²) >= 11 is 4.30. The summed E-state index contributed by atoms with van der Waals surface area (Å²) < 4.78 is 5.32. The summed E-state index contributed by atoms with van der Waals surface area (Å²) in [4.78, 5) is 15.2. The van der Waals surface area contributed by atoms with Crippen molar-refractivity contribution in [2.45, 2.75) is 30.8 Å². The molecule has 0 atom stereocenters. The molecule has 0 N–H and O–H groups in total. The zero-order valence-corrected chi connectivity index (χ0v) is 11.7. The maximum atomic E-state index is 12.4. The number of nitrogens with zero attached hydrogens (tertiary/aromatic N) is 1. The molecule has 98 valence electrons. The highest BCUT2D eigenvalue weighted by Gasteiger charge is 2.24. The smallest absolute Gasteiger partial charge is 0.254 e. The normalized spacial score (nSPS) is 16.9. The second kappa shape index (κ2) is 5.76. The number of hydrogen-bond donors (Lipinski definition) is 1. The topological polar surface area (TPSA) is 29.5 Å². The quantitative estimate of drug-likeness (QED) is 0.833. The molecule has 1 fully saturated rings. The summed E-state index contributed by atoms with van der Waals surface area (Å²) in [7, 11) is 1.73. The van der Waals surface area contributed by atoms with Gasteiger partial charge in [0.15, 0.2) is 0 Å². The van der Waals surface area contributed by atoms with Crippen LogP contribution in [0.4, 0.5) is 0 Å². The van der Waals surface area contributed by atoms with Crippen molar-refractivity contribution in [2.75, 3.05) is 20.2 Å². The minimum absolute atomic E-state index is 0.109. The van der Waals surface area contributed by atoms with Crippen LogP contribution in [-0.4, -0.2) is 37.1 Å². The second-order valence-corrected chi connectivity index (χ2v) is 5.24. The molecule has 0 aromatic heterocycles. The number of piperidine rings is 1. The fourth-order valence-electron chi connectivity index (χ4n) is 2.31. The van der Waals surface area contributed by atoms with Gasteiger partial charge in [0, 0.05) is 30.7 Å². The van der Waals surface area contributed by atoms with Gasteiger partial charge in [0.05, 0.1) is 6.10 Å². The molecule has 0 saturated carbocycles. The molecule has 0 aliphatic carbocycles. The number of rotatable bonds is 2. The number of likely N-dealkylation sites (tertiary alicyclic amines) is 1. The summed E-state index contributed by atoms with van der Waals surface area (Å²) in [6, 6.07) is 5.70. The summed E-state index contributed by atoms with van der Waals surface area (Å²) in [5.41, 5.74) is 1.77. The van der Waals surface area contributed by atoms with Crippen molar-refractivity contribution in [1.29, 1.82) is 0 Å². The minimum Gasteiger partial charge on any atom is -0.381 e. The Morgan fingerprint density at radius 1 is 1.39 bits per heavy atom. The molecule has 4 heteroatoms. The number of carbonyl (C=O) groups is 1. The molecule has 1 aliphatic rings. The third-order valence-electron chi connectivity index (χ3n) is 3.51. The van der Waals surface area contributed by atoms with E-state index in [-0.39, 0.29) is 5.91 Å². The molecule has 1 aliphatic heterocycles. The number of benzene rings is 1. The molecule has 1 aromatic carbocycles. The van der Waals surface area contributed by atoms with Crippen LogP contribution in [0.3, 0.4) is 0 Å². The van der Waals surface area contributed by atoms with Crippen molar-refractivity contribution in [2.24, 2.45) is 0 Å². The monoisotopic (exact) mass is 265 g/mol. The second-order valence-electron chi connectivity index (χ2n) is 4.73. The van der Waals surface area contributed by atoms with Gasteiger partial charge in [-0.15, -0.1) is 12.6 Å². The molecule has 0 unspecified atom stereocenters. The lowest BCUT2D eigenvalue weighted by Crippen LogP contribution is -2.40. The van der Waals surface area contributed by atoms with E-state index in [1.807, 2.05) is 30.0 Å². The van der Waals surface area contributed by atoms with Crippen LogP contribution >= 0.6 is 12.6 Å². The number of hydrogen-bond acceptors (Lipinski definition) is 3. The highest BCUT2D eigenvalue weighted by Crippen LogP contribution is 2.19. The summed E-state index contributed by atoms with van der Waals surface area (Å²) in [5.74, 6) is 0.109. The van der Waals surface area contributed by atoms with E-state index in [0.29, 0.717) is 6.10 Å². The summed E-state index contributed by atoms with van der Waals surface area (Å²) in [6.45, 7) is 3.50. The first-order valence-corrected chi connectivity index (χ1v) is 6.68. The molecule has 3 nitrogen and oxygen atoms in total. The van der Waals surface area contributed by atoms with Crippen molar-refractivity contribution in [1.82, 2.24) is 4.90 Å². The number of thiol groups is 1. The fraction of sp³-hybridized carbons (Fsp3) is 0.500. The molecular weight excluding hydrogens is 246 g/mol. The standard InChI is InChI=1S/C14H19NO2S/c1-10-3-4-12(18)9-13(10)14(16)15-7-5-11(17-2)6-8-15/h3-4,9,11,18H,5-8H2,1-2H3. The summed E-state index contributed by atoms with van der Waals surface area (Å²) in [5, 5.41) is 0. The van der Waals surface area contributed by atoms with E-state index in [1.165, 1.54) is 0 Å². The van der Waals surface area contributed by atoms with Crippen molar-refractivity contribution in [3.63, 3.8) is 0 Å². The number of ether oxygens (including phenoxy) is 1. The van der Waals surface area contributed by atoms with Crippen LogP contribution in [0.5, 0.6) is 0 Å². The van der Waals surface area contributed by atoms with Gasteiger partial charge in [-0.1, -0.05) is 6.07 Å². The third kappa shape index (κ3) is 2.87. The Kier molecular flexibility index (Phi) is 4.30. The Morgan fingerprint density at radius 3 is 2.67 bits per heavy atom. The zero-order valence-electron chi connectivity index (χ0n) is 10.8. The number of amides is 1. The Hall–Kier alpha value is -1.00. The van der Waals surface area contributed by atoms with Gasteiger partial charge in [-0.2, -0.15) is 0 Å². The van der Waals surface area contributed by atoms with Crippen molar-refractivity contribution < 1.29 is 9.53 Å². The Balaban J connectivity index is 2.10. The van der Waals surface area contributed by atoms with Crippen molar-refractivity contribution >= 4 is 18.5 Å². The predicted octanol–water partition coefficient (Wildman–Crippen LogP) is 2.53. The highest BCUT2D eigenvalue weighted by molar-refractivity contribution is 7.80. The van der Waals surface area contributed by atoms with Crippen LogP contribution in [0.15, 0.2) is 23.1 Å². The van der Waals surface area contributed by atoms with Crippen LogP contribution in [-0.2, 0) is 4.74 Å². The van der Waals surface area contributed by atoms with Gasteiger partial charge in [0.1, 0.15) is 0 Å². The maximum absolute atomic E-state index is 12.4. The lowest BCUT2D eigenvalue weighted by atomic mass is 10.0. The fourth-order valence-corrected chi connectivity index (χ4v) is 2.51.